The Morgan fingerprint density at radius 1 is 1.07 bits per heavy atom. The number of phenolic OH excluding ortho intramolecular Hbond substituents is 1. The van der Waals surface area contributed by atoms with Crippen molar-refractivity contribution in [3.8, 4) is 11.5 Å². The van der Waals surface area contributed by atoms with E-state index in [-0.39, 0.29) is 22.9 Å². The lowest BCUT2D eigenvalue weighted by molar-refractivity contribution is 0.00559. The van der Waals surface area contributed by atoms with Gasteiger partial charge in [-0.25, -0.2) is 0 Å². The van der Waals surface area contributed by atoms with Crippen LogP contribution in [0.25, 0.3) is 10.9 Å². The molecular weight excluding hydrogens is 494 g/mol. The molecule has 3 aromatic rings. The van der Waals surface area contributed by atoms with Crippen molar-refractivity contribution in [3.63, 3.8) is 0 Å². The molecule has 40 heavy (non-hydrogen) atoms. The summed E-state index contributed by atoms with van der Waals surface area (Å²) in [6.07, 6.45) is 9.42. The molecule has 3 aliphatic heterocycles. The maximum Gasteiger partial charge on any atom is 0.128 e. The van der Waals surface area contributed by atoms with Crippen LogP contribution in [0.4, 0.5) is 0 Å². The molecule has 5 heteroatoms. The third kappa shape index (κ3) is 5.41. The van der Waals surface area contributed by atoms with Crippen LogP contribution in [-0.4, -0.2) is 46.9 Å². The Morgan fingerprint density at radius 2 is 1.85 bits per heavy atom. The van der Waals surface area contributed by atoms with Gasteiger partial charge in [-0.1, -0.05) is 53.7 Å². The van der Waals surface area contributed by atoms with Gasteiger partial charge in [0.1, 0.15) is 11.5 Å². The number of hydrogen-bond acceptors (Lipinski definition) is 5. The monoisotopic (exact) mass is 539 g/mol. The molecule has 1 N–H and O–H groups in total. The molecular formula is C35H45N3O2. The number of methoxy groups -OCH3 is 1. The fourth-order valence-electron chi connectivity index (χ4n) is 6.58. The largest absolute Gasteiger partial charge is 0.507 e. The summed E-state index contributed by atoms with van der Waals surface area (Å²) in [6, 6.07) is 12.9. The zero-order valence-corrected chi connectivity index (χ0v) is 25.2. The molecule has 2 unspecified atom stereocenters. The van der Waals surface area contributed by atoms with Crippen LogP contribution in [0.1, 0.15) is 89.1 Å². The van der Waals surface area contributed by atoms with Gasteiger partial charge in [-0.2, -0.15) is 0 Å². The molecule has 3 saturated heterocycles. The van der Waals surface area contributed by atoms with Crippen molar-refractivity contribution in [2.75, 3.05) is 13.7 Å². The molecule has 0 saturated carbocycles. The average molecular weight is 540 g/mol. The molecule has 3 aliphatic rings. The van der Waals surface area contributed by atoms with Crippen molar-refractivity contribution in [1.82, 2.24) is 9.88 Å². The number of fused-ring (bicyclic) bond motifs is 4. The number of benzene rings is 2. The van der Waals surface area contributed by atoms with Crippen LogP contribution in [-0.2, 0) is 10.8 Å². The lowest BCUT2D eigenvalue weighted by Crippen LogP contribution is -2.55. The second-order valence-corrected chi connectivity index (χ2v) is 13.7. The molecule has 2 bridgehead atoms. The topological polar surface area (TPSA) is 58.0 Å². The van der Waals surface area contributed by atoms with Crippen molar-refractivity contribution < 1.29 is 9.84 Å². The number of rotatable bonds is 6. The van der Waals surface area contributed by atoms with Gasteiger partial charge in [0.05, 0.1) is 18.7 Å². The number of aromatic hydroxyl groups is 1. The van der Waals surface area contributed by atoms with Gasteiger partial charge >= 0.3 is 0 Å². The van der Waals surface area contributed by atoms with Gasteiger partial charge < -0.3 is 9.84 Å². The predicted molar refractivity (Wildman–Crippen MR) is 166 cm³/mol. The fraction of sp³-hybridized carbons (Fsp3) is 0.486. The Morgan fingerprint density at radius 3 is 2.50 bits per heavy atom. The molecule has 212 valence electrons. The summed E-state index contributed by atoms with van der Waals surface area (Å²) in [5.41, 5.74) is 4.74. The molecule has 3 fully saturated rings. The Kier molecular flexibility index (Phi) is 7.56. The lowest BCUT2D eigenvalue weighted by Gasteiger charge is -2.51. The quantitative estimate of drug-likeness (QED) is 0.257. The summed E-state index contributed by atoms with van der Waals surface area (Å²) in [5, 5.41) is 12.6. The van der Waals surface area contributed by atoms with E-state index in [0.29, 0.717) is 17.7 Å². The van der Waals surface area contributed by atoms with Gasteiger partial charge in [-0.3, -0.25) is 14.9 Å². The molecule has 2 aromatic carbocycles. The summed E-state index contributed by atoms with van der Waals surface area (Å²) in [5.74, 6) is 1.80. The molecule has 0 radical (unpaired) electrons. The number of pyridine rings is 1. The Labute approximate surface area is 240 Å². The summed E-state index contributed by atoms with van der Waals surface area (Å²) >= 11 is 0. The second-order valence-electron chi connectivity index (χ2n) is 13.7. The smallest absolute Gasteiger partial charge is 0.128 e. The molecule has 0 spiro atoms. The first kappa shape index (κ1) is 28.4. The molecule has 0 aliphatic carbocycles. The van der Waals surface area contributed by atoms with E-state index in [0.717, 1.165) is 46.3 Å². The number of hydrogen-bond donors (Lipinski definition) is 1. The molecule has 1 aromatic heterocycles. The number of piperidine rings is 3. The van der Waals surface area contributed by atoms with Crippen molar-refractivity contribution in [2.24, 2.45) is 10.9 Å². The highest BCUT2D eigenvalue weighted by Crippen LogP contribution is 2.44. The highest BCUT2D eigenvalue weighted by molar-refractivity contribution is 5.87. The SMILES string of the molecule is C=C[C@H]1C[C@@H]2CCN1[C@@H](C(N=Cc1cc(C(C)(C)C)cc(C(C)(C)C)c1O)c1ccnc3ccc(OC)cc13)C2. The third-order valence-corrected chi connectivity index (χ3v) is 8.92. The number of aromatic nitrogens is 1. The van der Waals surface area contributed by atoms with Crippen LogP contribution in [0.2, 0.25) is 0 Å². The van der Waals surface area contributed by atoms with E-state index >= 15 is 0 Å². The van der Waals surface area contributed by atoms with Gasteiger partial charge in [0, 0.05) is 41.0 Å². The number of phenols is 1. The van der Waals surface area contributed by atoms with E-state index in [1.165, 1.54) is 18.4 Å². The van der Waals surface area contributed by atoms with E-state index < -0.39 is 0 Å². The number of aliphatic imine (C=N–C) groups is 1. The molecule has 5 nitrogen and oxygen atoms in total. The Hall–Kier alpha value is -3.18. The van der Waals surface area contributed by atoms with Crippen LogP contribution in [0.15, 0.2) is 60.2 Å². The Balaban J connectivity index is 1.68. The molecule has 4 heterocycles. The van der Waals surface area contributed by atoms with E-state index in [4.69, 9.17) is 9.73 Å². The zero-order valence-electron chi connectivity index (χ0n) is 25.2. The van der Waals surface area contributed by atoms with Crippen LogP contribution in [0.5, 0.6) is 11.5 Å². The van der Waals surface area contributed by atoms with Crippen LogP contribution >= 0.6 is 0 Å². The zero-order chi connectivity index (χ0) is 28.8. The van der Waals surface area contributed by atoms with Gasteiger partial charge in [0.2, 0.25) is 0 Å². The number of ether oxygens (including phenoxy) is 1. The second kappa shape index (κ2) is 10.7. The summed E-state index contributed by atoms with van der Waals surface area (Å²) in [6.45, 7) is 18.3. The molecule has 5 atom stereocenters. The van der Waals surface area contributed by atoms with E-state index in [2.05, 4.69) is 88.3 Å². The maximum atomic E-state index is 11.5. The average Bonchev–Trinajstić information content (AvgIpc) is 2.92. The normalized spacial score (nSPS) is 24.0. The highest BCUT2D eigenvalue weighted by Gasteiger charge is 2.43. The van der Waals surface area contributed by atoms with Crippen LogP contribution in [0, 0.1) is 5.92 Å². The minimum atomic E-state index is -0.198. The Bertz CT molecular complexity index is 1430. The standard InChI is InChI=1S/C35H45N3O2/c1-9-25-16-22-13-15-38(25)31(17-22)32(27-12-14-36-30-11-10-26(40-8)20-28(27)30)37-21-23-18-24(34(2,3)4)19-29(33(23)39)35(5,6)7/h9-12,14,18-22,25,31-32,39H,1,13,15-17H2,2-8H3/t22-,25-,31+,32?/m0/s1. The third-order valence-electron chi connectivity index (χ3n) is 8.92. The predicted octanol–water partition coefficient (Wildman–Crippen LogP) is 7.74. The fourth-order valence-corrected chi connectivity index (χ4v) is 6.58. The van der Waals surface area contributed by atoms with Gasteiger partial charge in [0.15, 0.2) is 0 Å². The van der Waals surface area contributed by atoms with Crippen molar-refractivity contribution in [1.29, 1.82) is 0 Å². The first-order chi connectivity index (χ1) is 18.9. The van der Waals surface area contributed by atoms with Crippen molar-refractivity contribution in [3.05, 3.63) is 77.5 Å². The van der Waals surface area contributed by atoms with Crippen LogP contribution in [0.3, 0.4) is 0 Å². The van der Waals surface area contributed by atoms with E-state index in [9.17, 15) is 5.11 Å². The van der Waals surface area contributed by atoms with E-state index in [1.807, 2.05) is 24.5 Å². The first-order valence-electron chi connectivity index (χ1n) is 14.6. The molecule has 0 amide bonds. The van der Waals surface area contributed by atoms with Crippen LogP contribution < -0.4 is 4.74 Å². The summed E-state index contributed by atoms with van der Waals surface area (Å²) in [7, 11) is 1.70. The molecule has 6 rings (SSSR count). The summed E-state index contributed by atoms with van der Waals surface area (Å²) in [4.78, 5) is 12.6. The minimum Gasteiger partial charge on any atom is -0.507 e. The van der Waals surface area contributed by atoms with Gasteiger partial charge in [-0.05, 0) is 84.0 Å². The summed E-state index contributed by atoms with van der Waals surface area (Å²) < 4.78 is 5.60. The number of nitrogens with zero attached hydrogens (tertiary/aromatic N) is 3. The first-order valence-corrected chi connectivity index (χ1v) is 14.6. The highest BCUT2D eigenvalue weighted by atomic mass is 16.5. The van der Waals surface area contributed by atoms with Gasteiger partial charge in [-0.15, -0.1) is 6.58 Å². The minimum absolute atomic E-state index is 0.0566. The lowest BCUT2D eigenvalue weighted by atomic mass is 9.75. The van der Waals surface area contributed by atoms with E-state index in [1.54, 1.807) is 7.11 Å². The van der Waals surface area contributed by atoms with Gasteiger partial charge in [0.25, 0.3) is 0 Å². The van der Waals surface area contributed by atoms with Crippen molar-refractivity contribution >= 4 is 17.1 Å². The maximum absolute atomic E-state index is 11.5. The van der Waals surface area contributed by atoms with Crippen molar-refractivity contribution in [2.45, 2.75) is 89.8 Å².